The number of benzene rings is 1. The van der Waals surface area contributed by atoms with Crippen molar-refractivity contribution in [2.45, 2.75) is 33.6 Å². The quantitative estimate of drug-likeness (QED) is 0.626. The first kappa shape index (κ1) is 11.6. The van der Waals surface area contributed by atoms with E-state index in [1.54, 1.807) is 11.1 Å². The Hall–Kier alpha value is -1.50. The second-order valence-electron chi connectivity index (χ2n) is 5.83. The Bertz CT molecular complexity index is 654. The van der Waals surface area contributed by atoms with E-state index >= 15 is 0 Å². The van der Waals surface area contributed by atoms with Crippen LogP contribution in [0, 0.1) is 5.92 Å². The van der Waals surface area contributed by atoms with Crippen molar-refractivity contribution in [3.05, 3.63) is 41.1 Å². The Kier molecular flexibility index (Phi) is 2.41. The van der Waals surface area contributed by atoms with Gasteiger partial charge in [0.1, 0.15) is 0 Å². The number of rotatable bonds is 0. The van der Waals surface area contributed by atoms with Crippen molar-refractivity contribution in [3.8, 4) is 0 Å². The molecule has 1 aliphatic rings. The monoisotopic (exact) mass is 239 g/mol. The van der Waals surface area contributed by atoms with Gasteiger partial charge in [0.05, 0.1) is 0 Å². The van der Waals surface area contributed by atoms with Crippen LogP contribution in [0.25, 0.3) is 16.5 Å². The summed E-state index contributed by atoms with van der Waals surface area (Å²) in [7, 11) is 2.20. The molecule has 1 heterocycles. The molecule has 0 bridgehead atoms. The summed E-state index contributed by atoms with van der Waals surface area (Å²) in [6.45, 7) is 9.21. The smallest absolute Gasteiger partial charge is 0.0485 e. The highest BCUT2D eigenvalue weighted by Gasteiger charge is 2.35. The molecule has 0 saturated heterocycles. The van der Waals surface area contributed by atoms with Gasteiger partial charge in [0.15, 0.2) is 0 Å². The van der Waals surface area contributed by atoms with Crippen molar-refractivity contribution in [3.63, 3.8) is 0 Å². The molecule has 0 amide bonds. The topological polar surface area (TPSA) is 4.93 Å². The minimum absolute atomic E-state index is 0.621. The van der Waals surface area contributed by atoms with E-state index in [4.69, 9.17) is 0 Å². The summed E-state index contributed by atoms with van der Waals surface area (Å²) in [6.07, 6.45) is 0. The average molecular weight is 239 g/mol. The molecule has 18 heavy (non-hydrogen) atoms. The zero-order valence-corrected chi connectivity index (χ0v) is 11.9. The average Bonchev–Trinajstić information content (AvgIpc) is 2.77. The molecule has 94 valence electrons. The molecule has 2 unspecified atom stereocenters. The van der Waals surface area contributed by atoms with Crippen molar-refractivity contribution in [2.75, 3.05) is 0 Å². The number of allylic oxidation sites excluding steroid dienone is 2. The first-order chi connectivity index (χ1) is 8.54. The Balaban J connectivity index is 2.46. The highest BCUT2D eigenvalue weighted by molar-refractivity contribution is 5.94. The Morgan fingerprint density at radius 3 is 2.39 bits per heavy atom. The molecule has 1 aromatic heterocycles. The van der Waals surface area contributed by atoms with Crippen molar-refractivity contribution >= 4 is 16.5 Å². The number of aryl methyl sites for hydroxylation is 1. The number of para-hydroxylation sites is 1. The zero-order valence-electron chi connectivity index (χ0n) is 11.9. The fourth-order valence-corrected chi connectivity index (χ4v) is 3.62. The van der Waals surface area contributed by atoms with Gasteiger partial charge in [0, 0.05) is 23.6 Å². The minimum atomic E-state index is 0.621. The fourth-order valence-electron chi connectivity index (χ4n) is 3.62. The van der Waals surface area contributed by atoms with Crippen LogP contribution in [0.15, 0.2) is 29.8 Å². The van der Waals surface area contributed by atoms with Crippen LogP contribution in [0.1, 0.15) is 44.9 Å². The first-order valence-electron chi connectivity index (χ1n) is 6.79. The second-order valence-corrected chi connectivity index (χ2v) is 5.83. The summed E-state index contributed by atoms with van der Waals surface area (Å²) in [6, 6.07) is 8.78. The minimum Gasteiger partial charge on any atom is -0.344 e. The summed E-state index contributed by atoms with van der Waals surface area (Å²) in [5.41, 5.74) is 7.39. The van der Waals surface area contributed by atoms with Crippen LogP contribution < -0.4 is 0 Å². The Labute approximate surface area is 109 Å². The normalized spacial score (nSPS) is 22.6. The summed E-state index contributed by atoms with van der Waals surface area (Å²) in [5, 5.41) is 1.44. The van der Waals surface area contributed by atoms with E-state index in [-0.39, 0.29) is 0 Å². The maximum absolute atomic E-state index is 2.38. The zero-order chi connectivity index (χ0) is 13.0. The fraction of sp³-hybridized carbons (Fsp3) is 0.412. The van der Waals surface area contributed by atoms with Gasteiger partial charge in [-0.25, -0.2) is 0 Å². The third-order valence-corrected chi connectivity index (χ3v) is 4.60. The number of nitrogens with zero attached hydrogens (tertiary/aromatic N) is 1. The second kappa shape index (κ2) is 3.74. The third-order valence-electron chi connectivity index (χ3n) is 4.60. The molecule has 1 aliphatic carbocycles. The van der Waals surface area contributed by atoms with Crippen molar-refractivity contribution in [1.29, 1.82) is 0 Å². The number of hydrogen-bond donors (Lipinski definition) is 0. The number of hydrogen-bond acceptors (Lipinski definition) is 0. The van der Waals surface area contributed by atoms with Crippen molar-refractivity contribution in [2.24, 2.45) is 13.0 Å². The molecule has 1 nitrogen and oxygen atoms in total. The van der Waals surface area contributed by atoms with Gasteiger partial charge in [-0.2, -0.15) is 0 Å². The Morgan fingerprint density at radius 2 is 1.72 bits per heavy atom. The van der Waals surface area contributed by atoms with Gasteiger partial charge in [-0.1, -0.05) is 37.6 Å². The van der Waals surface area contributed by atoms with E-state index in [0.29, 0.717) is 11.8 Å². The van der Waals surface area contributed by atoms with Crippen LogP contribution in [-0.4, -0.2) is 4.57 Å². The van der Waals surface area contributed by atoms with E-state index in [1.165, 1.54) is 22.2 Å². The molecular formula is C17H21N. The lowest BCUT2D eigenvalue weighted by Gasteiger charge is -2.15. The van der Waals surface area contributed by atoms with Crippen LogP contribution in [0.4, 0.5) is 0 Å². The molecular weight excluding hydrogens is 218 g/mol. The van der Waals surface area contributed by atoms with Gasteiger partial charge < -0.3 is 4.57 Å². The molecule has 1 heteroatoms. The molecule has 0 N–H and O–H groups in total. The summed E-state index contributed by atoms with van der Waals surface area (Å²) < 4.78 is 2.38. The SMILES string of the molecule is CC(C)=C1c2c(c3ccccc3n2C)C(C)C1C. The molecule has 3 rings (SSSR count). The van der Waals surface area contributed by atoms with Gasteiger partial charge in [0.25, 0.3) is 0 Å². The van der Waals surface area contributed by atoms with Crippen molar-refractivity contribution < 1.29 is 0 Å². The predicted octanol–water partition coefficient (Wildman–Crippen LogP) is 4.72. The van der Waals surface area contributed by atoms with Crippen LogP contribution >= 0.6 is 0 Å². The van der Waals surface area contributed by atoms with Crippen LogP contribution in [0.2, 0.25) is 0 Å². The lowest BCUT2D eigenvalue weighted by molar-refractivity contribution is 0.637. The Morgan fingerprint density at radius 1 is 1.06 bits per heavy atom. The van der Waals surface area contributed by atoms with Gasteiger partial charge in [-0.15, -0.1) is 0 Å². The van der Waals surface area contributed by atoms with E-state index in [0.717, 1.165) is 0 Å². The van der Waals surface area contributed by atoms with Gasteiger partial charge in [0.2, 0.25) is 0 Å². The van der Waals surface area contributed by atoms with E-state index in [2.05, 4.69) is 63.6 Å². The lowest BCUT2D eigenvalue weighted by Crippen LogP contribution is -2.02. The van der Waals surface area contributed by atoms with Crippen LogP contribution in [-0.2, 0) is 7.05 Å². The molecule has 2 aromatic rings. The molecule has 0 spiro atoms. The number of fused-ring (bicyclic) bond motifs is 3. The molecule has 1 aromatic carbocycles. The van der Waals surface area contributed by atoms with E-state index in [1.807, 2.05) is 0 Å². The largest absolute Gasteiger partial charge is 0.344 e. The van der Waals surface area contributed by atoms with Gasteiger partial charge in [-0.3, -0.25) is 0 Å². The predicted molar refractivity (Wildman–Crippen MR) is 78.8 cm³/mol. The molecule has 0 aliphatic heterocycles. The maximum Gasteiger partial charge on any atom is 0.0485 e. The highest BCUT2D eigenvalue weighted by Crippen LogP contribution is 2.50. The summed E-state index contributed by atoms with van der Waals surface area (Å²) in [5.74, 6) is 1.26. The standard InChI is InChI=1S/C17H21N/c1-10(2)15-11(3)12(4)16-13-8-6-7-9-14(13)18(5)17(15)16/h6-9,11-12H,1-5H3. The van der Waals surface area contributed by atoms with E-state index in [9.17, 15) is 0 Å². The number of aromatic nitrogens is 1. The van der Waals surface area contributed by atoms with Crippen molar-refractivity contribution in [1.82, 2.24) is 4.57 Å². The van der Waals surface area contributed by atoms with Gasteiger partial charge in [-0.05, 0) is 42.9 Å². The van der Waals surface area contributed by atoms with Crippen LogP contribution in [0.5, 0.6) is 0 Å². The summed E-state index contributed by atoms with van der Waals surface area (Å²) in [4.78, 5) is 0. The van der Waals surface area contributed by atoms with E-state index < -0.39 is 0 Å². The van der Waals surface area contributed by atoms with Crippen LogP contribution in [0.3, 0.4) is 0 Å². The maximum atomic E-state index is 2.38. The lowest BCUT2D eigenvalue weighted by atomic mass is 9.91. The first-order valence-corrected chi connectivity index (χ1v) is 6.79. The molecule has 2 atom stereocenters. The highest BCUT2D eigenvalue weighted by atomic mass is 15.0. The summed E-state index contributed by atoms with van der Waals surface area (Å²) >= 11 is 0. The van der Waals surface area contributed by atoms with Gasteiger partial charge >= 0.3 is 0 Å². The molecule has 0 fully saturated rings. The third kappa shape index (κ3) is 1.28. The molecule has 0 radical (unpaired) electrons. The molecule has 0 saturated carbocycles.